The van der Waals surface area contributed by atoms with Gasteiger partial charge in [-0.25, -0.2) is 0 Å². The summed E-state index contributed by atoms with van der Waals surface area (Å²) in [5, 5.41) is 14.1. The van der Waals surface area contributed by atoms with E-state index in [9.17, 15) is 4.79 Å². The van der Waals surface area contributed by atoms with Gasteiger partial charge in [0.05, 0.1) is 0 Å². The lowest BCUT2D eigenvalue weighted by Crippen LogP contribution is -2.27. The van der Waals surface area contributed by atoms with Crippen molar-refractivity contribution >= 4 is 17.4 Å². The molecule has 1 aromatic carbocycles. The minimum atomic E-state index is -0.254. The average Bonchev–Trinajstić information content (AvgIpc) is 2.47. The molecular weight excluding hydrogens is 276 g/mol. The lowest BCUT2D eigenvalue weighted by Gasteiger charge is -2.20. The van der Waals surface area contributed by atoms with Gasteiger partial charge in [-0.1, -0.05) is 25.1 Å². The second-order valence-corrected chi connectivity index (χ2v) is 6.14. The molecule has 0 fully saturated rings. The van der Waals surface area contributed by atoms with Gasteiger partial charge < -0.3 is 10.6 Å². The molecule has 1 amide bonds. The van der Waals surface area contributed by atoms with Gasteiger partial charge in [-0.2, -0.15) is 0 Å². The Morgan fingerprint density at radius 1 is 1.09 bits per heavy atom. The van der Waals surface area contributed by atoms with Crippen molar-refractivity contribution < 1.29 is 4.79 Å². The maximum atomic E-state index is 12.2. The molecule has 0 aliphatic carbocycles. The first-order chi connectivity index (χ1) is 10.4. The summed E-state index contributed by atoms with van der Waals surface area (Å²) < 4.78 is 0. The molecular formula is C17H22N4O. The highest BCUT2D eigenvalue weighted by Gasteiger charge is 2.13. The molecule has 0 saturated heterocycles. The first kappa shape index (κ1) is 15.9. The Balaban J connectivity index is 2.10. The second-order valence-electron chi connectivity index (χ2n) is 6.14. The standard InChI is InChI=1S/C17H22N4O/c1-5-12-8-6-7-9-13(12)18-16(22)14-10-11-15(21-20-14)19-17(2,3)4/h6-11H,5H2,1-4H3,(H,18,22)(H,19,21). The van der Waals surface area contributed by atoms with Crippen LogP contribution < -0.4 is 10.6 Å². The normalized spacial score (nSPS) is 11.1. The third-order valence-electron chi connectivity index (χ3n) is 3.05. The van der Waals surface area contributed by atoms with Crippen molar-refractivity contribution in [2.75, 3.05) is 10.6 Å². The molecule has 0 aliphatic rings. The predicted molar refractivity (Wildman–Crippen MR) is 89.2 cm³/mol. The first-order valence-corrected chi connectivity index (χ1v) is 7.40. The third kappa shape index (κ3) is 4.28. The second kappa shape index (κ2) is 6.56. The highest BCUT2D eigenvalue weighted by atomic mass is 16.1. The zero-order valence-corrected chi connectivity index (χ0v) is 13.5. The average molecular weight is 298 g/mol. The largest absolute Gasteiger partial charge is 0.364 e. The van der Waals surface area contributed by atoms with Crippen molar-refractivity contribution in [3.63, 3.8) is 0 Å². The van der Waals surface area contributed by atoms with Crippen molar-refractivity contribution in [3.05, 3.63) is 47.7 Å². The van der Waals surface area contributed by atoms with Gasteiger partial charge in [0.25, 0.3) is 5.91 Å². The van der Waals surface area contributed by atoms with Crippen LogP contribution in [0, 0.1) is 0 Å². The fourth-order valence-corrected chi connectivity index (χ4v) is 2.04. The Hall–Kier alpha value is -2.43. The zero-order valence-electron chi connectivity index (χ0n) is 13.5. The summed E-state index contributed by atoms with van der Waals surface area (Å²) in [4.78, 5) is 12.2. The van der Waals surface area contributed by atoms with Crippen LogP contribution in [0.1, 0.15) is 43.7 Å². The number of anilines is 2. The summed E-state index contributed by atoms with van der Waals surface area (Å²) in [5.41, 5.74) is 2.10. The Bertz CT molecular complexity index is 644. The van der Waals surface area contributed by atoms with Crippen molar-refractivity contribution in [1.82, 2.24) is 10.2 Å². The summed E-state index contributed by atoms with van der Waals surface area (Å²) in [6, 6.07) is 11.2. The SMILES string of the molecule is CCc1ccccc1NC(=O)c1ccc(NC(C)(C)C)nn1. The van der Waals surface area contributed by atoms with Crippen LogP contribution in [-0.4, -0.2) is 21.6 Å². The smallest absolute Gasteiger partial charge is 0.276 e. The molecule has 0 radical (unpaired) electrons. The lowest BCUT2D eigenvalue weighted by molar-refractivity contribution is 0.102. The maximum absolute atomic E-state index is 12.2. The van der Waals surface area contributed by atoms with Crippen molar-refractivity contribution in [2.45, 2.75) is 39.7 Å². The molecule has 0 unspecified atom stereocenters. The maximum Gasteiger partial charge on any atom is 0.276 e. The number of rotatable bonds is 4. The van der Waals surface area contributed by atoms with Crippen molar-refractivity contribution in [2.24, 2.45) is 0 Å². The summed E-state index contributed by atoms with van der Waals surface area (Å²) in [5.74, 6) is 0.397. The fourth-order valence-electron chi connectivity index (χ4n) is 2.04. The number of carbonyl (C=O) groups excluding carboxylic acids is 1. The van der Waals surface area contributed by atoms with Crippen LogP contribution in [0.2, 0.25) is 0 Å². The fraction of sp³-hybridized carbons (Fsp3) is 0.353. The molecule has 1 aromatic heterocycles. The van der Waals surface area contributed by atoms with Crippen LogP contribution >= 0.6 is 0 Å². The molecule has 1 heterocycles. The number of nitrogens with one attached hydrogen (secondary N) is 2. The summed E-state index contributed by atoms with van der Waals surface area (Å²) in [6.07, 6.45) is 0.858. The molecule has 2 aromatic rings. The van der Waals surface area contributed by atoms with Crippen LogP contribution in [0.5, 0.6) is 0 Å². The number of hydrogen-bond donors (Lipinski definition) is 2. The minimum absolute atomic E-state index is 0.0987. The minimum Gasteiger partial charge on any atom is -0.364 e. The van der Waals surface area contributed by atoms with Gasteiger partial charge in [-0.15, -0.1) is 10.2 Å². The molecule has 2 rings (SSSR count). The highest BCUT2D eigenvalue weighted by Crippen LogP contribution is 2.16. The van der Waals surface area contributed by atoms with E-state index in [1.165, 1.54) is 0 Å². The van der Waals surface area contributed by atoms with Gasteiger partial charge in [0.1, 0.15) is 5.82 Å². The van der Waals surface area contributed by atoms with E-state index in [1.54, 1.807) is 12.1 Å². The van der Waals surface area contributed by atoms with Crippen molar-refractivity contribution in [1.29, 1.82) is 0 Å². The zero-order chi connectivity index (χ0) is 16.2. The van der Waals surface area contributed by atoms with Crippen LogP contribution in [-0.2, 0) is 6.42 Å². The molecule has 5 heteroatoms. The molecule has 5 nitrogen and oxygen atoms in total. The molecule has 0 bridgehead atoms. The van der Waals surface area contributed by atoms with Crippen LogP contribution in [0.15, 0.2) is 36.4 Å². The van der Waals surface area contributed by atoms with E-state index in [-0.39, 0.29) is 11.4 Å². The van der Waals surface area contributed by atoms with E-state index >= 15 is 0 Å². The topological polar surface area (TPSA) is 66.9 Å². The number of aryl methyl sites for hydroxylation is 1. The van der Waals surface area contributed by atoms with E-state index < -0.39 is 0 Å². The lowest BCUT2D eigenvalue weighted by atomic mass is 10.1. The Kier molecular flexibility index (Phi) is 4.75. The molecule has 116 valence electrons. The number of hydrogen-bond acceptors (Lipinski definition) is 4. The van der Waals surface area contributed by atoms with Gasteiger partial charge >= 0.3 is 0 Å². The van der Waals surface area contributed by atoms with Gasteiger partial charge in [-0.3, -0.25) is 4.79 Å². The summed E-state index contributed by atoms with van der Waals surface area (Å²) in [7, 11) is 0. The Labute approximate surface area is 131 Å². The highest BCUT2D eigenvalue weighted by molar-refractivity contribution is 6.03. The number of aromatic nitrogens is 2. The van der Waals surface area contributed by atoms with Gasteiger partial charge in [0, 0.05) is 11.2 Å². The summed E-state index contributed by atoms with van der Waals surface area (Å²) >= 11 is 0. The monoisotopic (exact) mass is 298 g/mol. The van der Waals surface area contributed by atoms with Crippen molar-refractivity contribution in [3.8, 4) is 0 Å². The van der Waals surface area contributed by atoms with E-state index in [4.69, 9.17) is 0 Å². The van der Waals surface area contributed by atoms with E-state index in [1.807, 2.05) is 45.0 Å². The van der Waals surface area contributed by atoms with Gasteiger partial charge in [0.15, 0.2) is 5.69 Å². The summed E-state index contributed by atoms with van der Waals surface area (Å²) in [6.45, 7) is 8.17. The number of nitrogens with zero attached hydrogens (tertiary/aromatic N) is 2. The van der Waals surface area contributed by atoms with E-state index in [0.29, 0.717) is 11.5 Å². The number of benzene rings is 1. The molecule has 2 N–H and O–H groups in total. The third-order valence-corrected chi connectivity index (χ3v) is 3.05. The van der Waals surface area contributed by atoms with Gasteiger partial charge in [-0.05, 0) is 51.0 Å². The molecule has 0 saturated carbocycles. The van der Waals surface area contributed by atoms with Crippen LogP contribution in [0.3, 0.4) is 0 Å². The number of amides is 1. The molecule has 0 aliphatic heterocycles. The number of para-hydroxylation sites is 1. The molecule has 0 spiro atoms. The van der Waals surface area contributed by atoms with Gasteiger partial charge in [0.2, 0.25) is 0 Å². The predicted octanol–water partition coefficient (Wildman–Crippen LogP) is 3.50. The van der Waals surface area contributed by atoms with Crippen LogP contribution in [0.25, 0.3) is 0 Å². The Morgan fingerprint density at radius 3 is 2.41 bits per heavy atom. The first-order valence-electron chi connectivity index (χ1n) is 7.40. The van der Waals surface area contributed by atoms with E-state index in [0.717, 1.165) is 17.7 Å². The number of carbonyl (C=O) groups is 1. The molecule has 0 atom stereocenters. The van der Waals surface area contributed by atoms with Crippen LogP contribution in [0.4, 0.5) is 11.5 Å². The quantitative estimate of drug-likeness (QED) is 0.906. The Morgan fingerprint density at radius 2 is 1.82 bits per heavy atom. The van der Waals surface area contributed by atoms with E-state index in [2.05, 4.69) is 27.8 Å². The molecule has 22 heavy (non-hydrogen) atoms.